The van der Waals surface area contributed by atoms with Crippen molar-refractivity contribution in [3.63, 3.8) is 0 Å². The predicted molar refractivity (Wildman–Crippen MR) is 77.0 cm³/mol. The lowest BCUT2D eigenvalue weighted by Gasteiger charge is -2.23. The molecule has 0 aliphatic carbocycles. The van der Waals surface area contributed by atoms with Gasteiger partial charge in [0.2, 0.25) is 0 Å². The third kappa shape index (κ3) is 12.3. The summed E-state index contributed by atoms with van der Waals surface area (Å²) in [5, 5.41) is 2.62. The van der Waals surface area contributed by atoms with Gasteiger partial charge < -0.3 is 10.1 Å². The van der Waals surface area contributed by atoms with Crippen molar-refractivity contribution in [1.82, 2.24) is 5.32 Å². The zero-order valence-corrected chi connectivity index (χ0v) is 13.7. The maximum atomic E-state index is 11.6. The number of alkyl carbamates (subject to hydrolysis) is 1. The van der Waals surface area contributed by atoms with Crippen molar-refractivity contribution in [2.24, 2.45) is 0 Å². The molecular formula is C11H23NO5S2. The van der Waals surface area contributed by atoms with Gasteiger partial charge in [-0.05, 0) is 39.2 Å². The summed E-state index contributed by atoms with van der Waals surface area (Å²) in [6.45, 7) is 5.20. The van der Waals surface area contributed by atoms with Crippen molar-refractivity contribution in [3.05, 3.63) is 0 Å². The van der Waals surface area contributed by atoms with Crippen molar-refractivity contribution in [1.29, 1.82) is 0 Å². The first kappa shape index (κ1) is 18.5. The minimum atomic E-state index is -3.51. The molecule has 0 rings (SSSR count). The van der Waals surface area contributed by atoms with E-state index in [1.54, 1.807) is 32.5 Å². The number of rotatable bonds is 7. The van der Waals surface area contributed by atoms with Gasteiger partial charge in [0.15, 0.2) is 0 Å². The predicted octanol–water partition coefficient (Wildman–Crippen LogP) is 1.61. The number of hydrogen-bond acceptors (Lipinski definition) is 6. The van der Waals surface area contributed by atoms with E-state index >= 15 is 0 Å². The topological polar surface area (TPSA) is 81.7 Å². The van der Waals surface area contributed by atoms with Crippen LogP contribution in [0.25, 0.3) is 0 Å². The first-order valence-electron chi connectivity index (χ1n) is 5.86. The second-order valence-electron chi connectivity index (χ2n) is 5.11. The molecule has 1 unspecified atom stereocenters. The smallest absolute Gasteiger partial charge is 0.407 e. The zero-order chi connectivity index (χ0) is 15.1. The summed E-state index contributed by atoms with van der Waals surface area (Å²) in [7, 11) is -3.51. The van der Waals surface area contributed by atoms with Crippen LogP contribution in [-0.2, 0) is 19.0 Å². The summed E-state index contributed by atoms with van der Waals surface area (Å²) in [6, 6.07) is -0.392. The van der Waals surface area contributed by atoms with E-state index in [0.717, 1.165) is 12.0 Å². The number of carbonyl (C=O) groups excluding carboxylic acids is 1. The normalized spacial score (nSPS) is 13.9. The van der Waals surface area contributed by atoms with Gasteiger partial charge in [0.05, 0.1) is 18.9 Å². The molecule has 0 aromatic carbocycles. The van der Waals surface area contributed by atoms with Gasteiger partial charge >= 0.3 is 6.09 Å². The first-order chi connectivity index (χ1) is 8.53. The Morgan fingerprint density at radius 2 is 1.95 bits per heavy atom. The fourth-order valence-electron chi connectivity index (χ4n) is 1.14. The number of hydrogen-bond donors (Lipinski definition) is 1. The zero-order valence-electron chi connectivity index (χ0n) is 12.1. The molecule has 0 aliphatic heterocycles. The Balaban J connectivity index is 4.37. The molecule has 1 amide bonds. The number of nitrogens with one attached hydrogen (secondary N) is 1. The van der Waals surface area contributed by atoms with Crippen LogP contribution < -0.4 is 5.32 Å². The highest BCUT2D eigenvalue weighted by Gasteiger charge is 2.20. The van der Waals surface area contributed by atoms with Crippen LogP contribution in [-0.4, -0.2) is 51.0 Å². The maximum Gasteiger partial charge on any atom is 0.407 e. The molecule has 0 heterocycles. The summed E-state index contributed by atoms with van der Waals surface area (Å²) in [6.07, 6.45) is 2.94. The molecule has 0 aromatic heterocycles. The van der Waals surface area contributed by atoms with Gasteiger partial charge in [-0.2, -0.15) is 20.2 Å². The maximum absolute atomic E-state index is 11.6. The summed E-state index contributed by atoms with van der Waals surface area (Å²) in [4.78, 5) is 11.6. The summed E-state index contributed by atoms with van der Waals surface area (Å²) < 4.78 is 31.7. The Hall–Kier alpha value is -0.470. The van der Waals surface area contributed by atoms with E-state index in [-0.39, 0.29) is 6.61 Å². The Morgan fingerprint density at radius 3 is 2.37 bits per heavy atom. The lowest BCUT2D eigenvalue weighted by molar-refractivity contribution is 0.0487. The minimum Gasteiger partial charge on any atom is -0.444 e. The molecule has 0 aromatic rings. The van der Waals surface area contributed by atoms with E-state index in [1.807, 2.05) is 6.26 Å². The van der Waals surface area contributed by atoms with Crippen LogP contribution in [0.2, 0.25) is 0 Å². The SMILES string of the molecule is CSCCC(COS(C)(=O)=O)NC(=O)OC(C)(C)C. The Bertz CT molecular complexity index is 375. The van der Waals surface area contributed by atoms with Gasteiger partial charge in [-0.25, -0.2) is 4.79 Å². The van der Waals surface area contributed by atoms with E-state index in [0.29, 0.717) is 6.42 Å². The van der Waals surface area contributed by atoms with E-state index in [1.165, 1.54) is 0 Å². The molecule has 0 spiro atoms. The Morgan fingerprint density at radius 1 is 1.37 bits per heavy atom. The summed E-state index contributed by atoms with van der Waals surface area (Å²) >= 11 is 1.61. The third-order valence-electron chi connectivity index (χ3n) is 1.87. The Labute approximate surface area is 119 Å². The van der Waals surface area contributed by atoms with Crippen LogP contribution in [0.3, 0.4) is 0 Å². The van der Waals surface area contributed by atoms with Gasteiger partial charge in [-0.3, -0.25) is 4.18 Å². The van der Waals surface area contributed by atoms with Crippen molar-refractivity contribution in [2.75, 3.05) is 24.9 Å². The summed E-state index contributed by atoms with van der Waals surface area (Å²) in [5.74, 6) is 0.785. The molecule has 0 aliphatic rings. The largest absolute Gasteiger partial charge is 0.444 e. The van der Waals surface area contributed by atoms with Crippen LogP contribution in [0.15, 0.2) is 0 Å². The molecule has 0 fully saturated rings. The van der Waals surface area contributed by atoms with Crippen LogP contribution in [0, 0.1) is 0 Å². The van der Waals surface area contributed by atoms with Gasteiger partial charge in [0, 0.05) is 0 Å². The van der Waals surface area contributed by atoms with Gasteiger partial charge in [0.25, 0.3) is 10.1 Å². The second kappa shape index (κ2) is 7.96. The first-order valence-corrected chi connectivity index (χ1v) is 9.07. The van der Waals surface area contributed by atoms with Crippen LogP contribution in [0.1, 0.15) is 27.2 Å². The van der Waals surface area contributed by atoms with Gasteiger partial charge in [0.1, 0.15) is 5.60 Å². The third-order valence-corrected chi connectivity index (χ3v) is 3.08. The highest BCUT2D eigenvalue weighted by molar-refractivity contribution is 7.98. The molecule has 0 saturated carbocycles. The monoisotopic (exact) mass is 313 g/mol. The van der Waals surface area contributed by atoms with Crippen molar-refractivity contribution < 1.29 is 22.1 Å². The molecule has 19 heavy (non-hydrogen) atoms. The molecule has 1 atom stereocenters. The lowest BCUT2D eigenvalue weighted by atomic mass is 10.2. The molecule has 0 radical (unpaired) electrons. The van der Waals surface area contributed by atoms with Crippen LogP contribution >= 0.6 is 11.8 Å². The molecule has 114 valence electrons. The fraction of sp³-hybridized carbons (Fsp3) is 0.909. The van der Waals surface area contributed by atoms with E-state index in [4.69, 9.17) is 8.92 Å². The van der Waals surface area contributed by atoms with Crippen molar-refractivity contribution in [2.45, 2.75) is 38.8 Å². The summed E-state index contributed by atoms with van der Waals surface area (Å²) in [5.41, 5.74) is -0.591. The van der Waals surface area contributed by atoms with E-state index < -0.39 is 27.9 Å². The fourth-order valence-corrected chi connectivity index (χ4v) is 2.07. The molecule has 0 bridgehead atoms. The number of amides is 1. The lowest BCUT2D eigenvalue weighted by Crippen LogP contribution is -2.42. The number of ether oxygens (including phenoxy) is 1. The standard InChI is InChI=1S/C11H23NO5S2/c1-11(2,3)17-10(13)12-9(6-7-18-4)8-16-19(5,14)15/h9H,6-8H2,1-5H3,(H,12,13). The van der Waals surface area contributed by atoms with E-state index in [2.05, 4.69) is 5.32 Å². The second-order valence-corrected chi connectivity index (χ2v) is 7.74. The van der Waals surface area contributed by atoms with Gasteiger partial charge in [-0.15, -0.1) is 0 Å². The van der Waals surface area contributed by atoms with Crippen LogP contribution in [0.5, 0.6) is 0 Å². The molecule has 1 N–H and O–H groups in total. The average molecular weight is 313 g/mol. The number of thioether (sulfide) groups is 1. The van der Waals surface area contributed by atoms with Crippen molar-refractivity contribution in [3.8, 4) is 0 Å². The highest BCUT2D eigenvalue weighted by Crippen LogP contribution is 2.08. The Kier molecular flexibility index (Phi) is 7.76. The quantitative estimate of drug-likeness (QED) is 0.719. The number of carbonyl (C=O) groups is 1. The average Bonchev–Trinajstić information content (AvgIpc) is 2.18. The highest BCUT2D eigenvalue weighted by atomic mass is 32.2. The van der Waals surface area contributed by atoms with Gasteiger partial charge in [-0.1, -0.05) is 0 Å². The molecular weight excluding hydrogens is 290 g/mol. The molecule has 0 saturated heterocycles. The van der Waals surface area contributed by atoms with Crippen LogP contribution in [0.4, 0.5) is 4.79 Å². The van der Waals surface area contributed by atoms with Crippen molar-refractivity contribution >= 4 is 28.0 Å². The molecule has 8 heteroatoms. The van der Waals surface area contributed by atoms with E-state index in [9.17, 15) is 13.2 Å². The molecule has 6 nitrogen and oxygen atoms in total. The minimum absolute atomic E-state index is 0.0847.